The molecule has 92 valence electrons. The van der Waals surface area contributed by atoms with E-state index in [0.29, 0.717) is 35.7 Å². The lowest BCUT2D eigenvalue weighted by atomic mass is 10.2. The maximum atomic E-state index is 12.3. The number of ether oxygens (including phenoxy) is 1. The molecule has 2 heterocycles. The molecule has 0 saturated carbocycles. The SMILES string of the molecule is O=C(c1ccncc1Cl)N1CCOCC1CBr. The normalized spacial score (nSPS) is 20.4. The van der Waals surface area contributed by atoms with Gasteiger partial charge in [-0.25, -0.2) is 0 Å². The standard InChI is InChI=1S/C11H12BrClN2O2/c12-5-8-7-17-4-3-15(8)11(16)9-1-2-14-6-10(9)13/h1-2,6,8H,3-5,7H2. The van der Waals surface area contributed by atoms with E-state index in [1.54, 1.807) is 17.2 Å². The summed E-state index contributed by atoms with van der Waals surface area (Å²) in [5.74, 6) is -0.0647. The fourth-order valence-corrected chi connectivity index (χ4v) is 2.49. The number of halogens is 2. The largest absolute Gasteiger partial charge is 0.377 e. The quantitative estimate of drug-likeness (QED) is 0.783. The van der Waals surface area contributed by atoms with Gasteiger partial charge in [0.15, 0.2) is 0 Å². The lowest BCUT2D eigenvalue weighted by Gasteiger charge is -2.34. The van der Waals surface area contributed by atoms with E-state index < -0.39 is 0 Å². The molecule has 17 heavy (non-hydrogen) atoms. The molecule has 0 aliphatic carbocycles. The van der Waals surface area contributed by atoms with E-state index >= 15 is 0 Å². The van der Waals surface area contributed by atoms with Crippen LogP contribution in [-0.2, 0) is 4.74 Å². The van der Waals surface area contributed by atoms with Crippen LogP contribution in [0.1, 0.15) is 10.4 Å². The van der Waals surface area contributed by atoms with Crippen LogP contribution in [-0.4, -0.2) is 46.9 Å². The third kappa shape index (κ3) is 2.78. The Labute approximate surface area is 113 Å². The van der Waals surface area contributed by atoms with Crippen molar-refractivity contribution >= 4 is 33.4 Å². The van der Waals surface area contributed by atoms with Crippen molar-refractivity contribution in [2.45, 2.75) is 6.04 Å². The monoisotopic (exact) mass is 318 g/mol. The molecular formula is C11H12BrClN2O2. The number of hydrogen-bond acceptors (Lipinski definition) is 3. The second kappa shape index (κ2) is 5.80. The summed E-state index contributed by atoms with van der Waals surface area (Å²) in [5, 5.41) is 1.08. The van der Waals surface area contributed by atoms with Gasteiger partial charge in [0.25, 0.3) is 5.91 Å². The van der Waals surface area contributed by atoms with Crippen molar-refractivity contribution in [1.29, 1.82) is 0 Å². The van der Waals surface area contributed by atoms with Crippen LogP contribution in [0.5, 0.6) is 0 Å². The van der Waals surface area contributed by atoms with Crippen LogP contribution < -0.4 is 0 Å². The van der Waals surface area contributed by atoms with Crippen molar-refractivity contribution in [2.75, 3.05) is 25.1 Å². The molecule has 6 heteroatoms. The summed E-state index contributed by atoms with van der Waals surface area (Å²) in [6, 6.07) is 1.70. The molecule has 1 aromatic rings. The van der Waals surface area contributed by atoms with Crippen molar-refractivity contribution < 1.29 is 9.53 Å². The Hall–Kier alpha value is -0.650. The van der Waals surface area contributed by atoms with Crippen LogP contribution in [0.25, 0.3) is 0 Å². The molecule has 1 unspecified atom stereocenters. The second-order valence-electron chi connectivity index (χ2n) is 3.74. The van der Waals surface area contributed by atoms with Crippen molar-refractivity contribution in [3.8, 4) is 0 Å². The number of morpholine rings is 1. The van der Waals surface area contributed by atoms with Crippen LogP contribution >= 0.6 is 27.5 Å². The number of carbonyl (C=O) groups excluding carboxylic acids is 1. The van der Waals surface area contributed by atoms with Gasteiger partial charge < -0.3 is 9.64 Å². The third-order valence-corrected chi connectivity index (χ3v) is 3.72. The van der Waals surface area contributed by atoms with E-state index in [2.05, 4.69) is 20.9 Å². The predicted octanol–water partition coefficient (Wildman–Crippen LogP) is 1.97. The van der Waals surface area contributed by atoms with E-state index in [9.17, 15) is 4.79 Å². The van der Waals surface area contributed by atoms with Gasteiger partial charge in [0.1, 0.15) is 0 Å². The Morgan fingerprint density at radius 2 is 2.53 bits per heavy atom. The van der Waals surface area contributed by atoms with Crippen LogP contribution in [0, 0.1) is 0 Å². The van der Waals surface area contributed by atoms with Crippen molar-refractivity contribution in [3.63, 3.8) is 0 Å². The highest BCUT2D eigenvalue weighted by molar-refractivity contribution is 9.09. The fraction of sp³-hybridized carbons (Fsp3) is 0.455. The summed E-state index contributed by atoms with van der Waals surface area (Å²) in [6.45, 7) is 1.71. The van der Waals surface area contributed by atoms with Gasteiger partial charge in [-0.05, 0) is 6.07 Å². The van der Waals surface area contributed by atoms with Gasteiger partial charge in [-0.15, -0.1) is 0 Å². The second-order valence-corrected chi connectivity index (χ2v) is 4.79. The zero-order chi connectivity index (χ0) is 12.3. The Morgan fingerprint density at radius 3 is 3.24 bits per heavy atom. The molecule has 2 rings (SSSR count). The van der Waals surface area contributed by atoms with Gasteiger partial charge in [0.2, 0.25) is 0 Å². The summed E-state index contributed by atoms with van der Waals surface area (Å²) in [7, 11) is 0. The number of pyridine rings is 1. The third-order valence-electron chi connectivity index (χ3n) is 2.67. The number of rotatable bonds is 2. The maximum absolute atomic E-state index is 12.3. The molecule has 0 N–H and O–H groups in total. The maximum Gasteiger partial charge on any atom is 0.255 e. The van der Waals surface area contributed by atoms with Gasteiger partial charge in [0, 0.05) is 24.3 Å². The highest BCUT2D eigenvalue weighted by Crippen LogP contribution is 2.19. The van der Waals surface area contributed by atoms with E-state index in [1.807, 2.05) is 0 Å². The molecule has 1 amide bonds. The molecule has 1 atom stereocenters. The van der Waals surface area contributed by atoms with E-state index in [0.717, 1.165) is 0 Å². The Balaban J connectivity index is 2.21. The number of alkyl halides is 1. The fourth-order valence-electron chi connectivity index (χ4n) is 1.75. The zero-order valence-corrected chi connectivity index (χ0v) is 11.4. The molecule has 1 aromatic heterocycles. The van der Waals surface area contributed by atoms with Gasteiger partial charge in [0.05, 0.1) is 29.8 Å². The van der Waals surface area contributed by atoms with Gasteiger partial charge in [-0.2, -0.15) is 0 Å². The first-order valence-electron chi connectivity index (χ1n) is 5.28. The average Bonchev–Trinajstić information content (AvgIpc) is 2.38. The molecule has 0 bridgehead atoms. The number of nitrogens with zero attached hydrogens (tertiary/aromatic N) is 2. The van der Waals surface area contributed by atoms with Crippen LogP contribution in [0.4, 0.5) is 0 Å². The minimum atomic E-state index is -0.0647. The molecule has 0 spiro atoms. The first-order chi connectivity index (χ1) is 8.24. The number of hydrogen-bond donors (Lipinski definition) is 0. The van der Waals surface area contributed by atoms with Crippen LogP contribution in [0.3, 0.4) is 0 Å². The summed E-state index contributed by atoms with van der Waals surface area (Å²) in [5.41, 5.74) is 0.495. The molecule has 1 aliphatic rings. The highest BCUT2D eigenvalue weighted by atomic mass is 79.9. The Kier molecular flexibility index (Phi) is 4.36. The summed E-state index contributed by atoms with van der Waals surface area (Å²) in [6.07, 6.45) is 3.06. The van der Waals surface area contributed by atoms with Crippen molar-refractivity contribution in [3.05, 3.63) is 29.0 Å². The lowest BCUT2D eigenvalue weighted by molar-refractivity contribution is 0.00525. The van der Waals surface area contributed by atoms with E-state index in [1.165, 1.54) is 6.20 Å². The topological polar surface area (TPSA) is 42.4 Å². The lowest BCUT2D eigenvalue weighted by Crippen LogP contribution is -2.49. The average molecular weight is 320 g/mol. The first-order valence-corrected chi connectivity index (χ1v) is 6.78. The molecule has 0 radical (unpaired) electrons. The van der Waals surface area contributed by atoms with Gasteiger partial charge in [-0.1, -0.05) is 27.5 Å². The molecule has 4 nitrogen and oxygen atoms in total. The smallest absolute Gasteiger partial charge is 0.255 e. The van der Waals surface area contributed by atoms with Crippen molar-refractivity contribution in [2.24, 2.45) is 0 Å². The molecular weight excluding hydrogens is 307 g/mol. The van der Waals surface area contributed by atoms with Gasteiger partial charge >= 0.3 is 0 Å². The number of carbonyl (C=O) groups is 1. The minimum absolute atomic E-state index is 0.0560. The first kappa shape index (κ1) is 12.8. The van der Waals surface area contributed by atoms with Crippen LogP contribution in [0.2, 0.25) is 5.02 Å². The van der Waals surface area contributed by atoms with Crippen molar-refractivity contribution in [1.82, 2.24) is 9.88 Å². The molecule has 1 aliphatic heterocycles. The predicted molar refractivity (Wildman–Crippen MR) is 68.7 cm³/mol. The summed E-state index contributed by atoms with van der Waals surface area (Å²) < 4.78 is 5.35. The summed E-state index contributed by atoms with van der Waals surface area (Å²) >= 11 is 9.37. The Bertz CT molecular complexity index is 416. The molecule has 1 fully saturated rings. The Morgan fingerprint density at radius 1 is 1.71 bits per heavy atom. The van der Waals surface area contributed by atoms with Crippen LogP contribution in [0.15, 0.2) is 18.5 Å². The molecule has 0 aromatic carbocycles. The zero-order valence-electron chi connectivity index (χ0n) is 9.10. The number of aromatic nitrogens is 1. The van der Waals surface area contributed by atoms with Gasteiger partial charge in [-0.3, -0.25) is 9.78 Å². The molecule has 1 saturated heterocycles. The van der Waals surface area contributed by atoms with E-state index in [-0.39, 0.29) is 11.9 Å². The minimum Gasteiger partial charge on any atom is -0.377 e. The number of amides is 1. The summed E-state index contributed by atoms with van der Waals surface area (Å²) in [4.78, 5) is 18.0. The van der Waals surface area contributed by atoms with E-state index in [4.69, 9.17) is 16.3 Å². The highest BCUT2D eigenvalue weighted by Gasteiger charge is 2.28.